The zero-order valence-corrected chi connectivity index (χ0v) is 19.1. The van der Waals surface area contributed by atoms with E-state index in [9.17, 15) is 39.9 Å². The predicted molar refractivity (Wildman–Crippen MR) is 119 cm³/mol. The molecule has 35 heavy (non-hydrogen) atoms. The predicted octanol–water partition coefficient (Wildman–Crippen LogP) is -0.670. The Morgan fingerprint density at radius 3 is 2.26 bits per heavy atom. The molecule has 3 aliphatic rings. The molecule has 12 heteroatoms. The summed E-state index contributed by atoms with van der Waals surface area (Å²) in [4.78, 5) is 48.4. The van der Waals surface area contributed by atoms with E-state index in [0.29, 0.717) is 0 Å². The second-order valence-electron chi connectivity index (χ2n) is 9.07. The largest absolute Gasteiger partial charge is 0.508 e. The average Bonchev–Trinajstić information content (AvgIpc) is 2.74. The number of carbonyl (C=O) groups excluding carboxylic acids is 3. The fourth-order valence-electron chi connectivity index (χ4n) is 5.50. The fourth-order valence-corrected chi connectivity index (χ4v) is 5.50. The van der Waals surface area contributed by atoms with E-state index in [1.165, 1.54) is 44.1 Å². The normalized spacial score (nSPS) is 31.8. The number of amides is 1. The maximum absolute atomic E-state index is 13.7. The fraction of sp³-hybridized carbons (Fsp3) is 0.391. The van der Waals surface area contributed by atoms with Gasteiger partial charge in [0.2, 0.25) is 5.78 Å². The van der Waals surface area contributed by atoms with Crippen LogP contribution < -0.4 is 5.73 Å². The molecule has 0 aromatic heterocycles. The molecule has 0 heterocycles. The number of benzene rings is 1. The number of rotatable bonds is 2. The summed E-state index contributed by atoms with van der Waals surface area (Å²) < 4.78 is 0. The smallest absolute Gasteiger partial charge is 0.290 e. The minimum absolute atomic E-state index is 0.170. The van der Waals surface area contributed by atoms with E-state index in [2.05, 4.69) is 0 Å². The molecule has 0 bridgehead atoms. The topological polar surface area (TPSA) is 219 Å². The van der Waals surface area contributed by atoms with Crippen LogP contribution in [0, 0.1) is 11.8 Å². The highest BCUT2D eigenvalue weighted by Crippen LogP contribution is 2.57. The third kappa shape index (κ3) is 3.40. The van der Waals surface area contributed by atoms with Crippen LogP contribution >= 0.6 is 0 Å². The molecule has 188 valence electrons. The molecule has 12 nitrogen and oxygen atoms in total. The van der Waals surface area contributed by atoms with Gasteiger partial charge in [0.1, 0.15) is 22.8 Å². The number of carbonyl (C=O) groups is 4. The molecule has 0 saturated heterocycles. The molecule has 1 saturated carbocycles. The number of hydrogen-bond donors (Lipinski definition) is 7. The lowest BCUT2D eigenvalue weighted by atomic mass is 9.54. The second kappa shape index (κ2) is 8.48. The van der Waals surface area contributed by atoms with Crippen molar-refractivity contribution >= 4 is 29.7 Å². The van der Waals surface area contributed by atoms with Crippen molar-refractivity contribution in [2.75, 3.05) is 14.1 Å². The van der Waals surface area contributed by atoms with Crippen LogP contribution in [0.5, 0.6) is 5.75 Å². The number of aromatic hydroxyl groups is 1. The summed E-state index contributed by atoms with van der Waals surface area (Å²) in [5.74, 6) is -7.90. The number of nitrogens with two attached hydrogens (primary N) is 1. The number of likely N-dealkylation sites (N-methyl/N-ethyl adjacent to an activating group) is 1. The molecule has 1 aromatic rings. The van der Waals surface area contributed by atoms with E-state index in [1.807, 2.05) is 0 Å². The van der Waals surface area contributed by atoms with Crippen molar-refractivity contribution in [1.29, 1.82) is 0 Å². The van der Waals surface area contributed by atoms with E-state index >= 15 is 0 Å². The lowest BCUT2D eigenvalue weighted by molar-refractivity contribution is -0.159. The summed E-state index contributed by atoms with van der Waals surface area (Å²) in [6.07, 6.45) is -0.200. The first-order valence-corrected chi connectivity index (χ1v) is 10.5. The highest BCUT2D eigenvalue weighted by Gasteiger charge is 2.66. The quantitative estimate of drug-likeness (QED) is 0.203. The van der Waals surface area contributed by atoms with Crippen molar-refractivity contribution in [3.05, 3.63) is 46.2 Å². The summed E-state index contributed by atoms with van der Waals surface area (Å²) >= 11 is 0. The van der Waals surface area contributed by atoms with Crippen LogP contribution in [0.3, 0.4) is 0 Å². The minimum Gasteiger partial charge on any atom is -0.508 e. The van der Waals surface area contributed by atoms with Gasteiger partial charge in [-0.15, -0.1) is 0 Å². The zero-order chi connectivity index (χ0) is 26.6. The summed E-state index contributed by atoms with van der Waals surface area (Å²) in [6.45, 7) is 1.15. The van der Waals surface area contributed by atoms with Gasteiger partial charge in [-0.2, -0.15) is 0 Å². The van der Waals surface area contributed by atoms with Gasteiger partial charge in [-0.3, -0.25) is 24.1 Å². The van der Waals surface area contributed by atoms with Crippen LogP contribution in [0.15, 0.2) is 35.1 Å². The number of nitrogens with zero attached hydrogens (tertiary/aromatic N) is 1. The number of hydrogen-bond acceptors (Lipinski definition) is 10. The number of primary amides is 1. The van der Waals surface area contributed by atoms with Gasteiger partial charge < -0.3 is 36.4 Å². The molecule has 1 amide bonds. The van der Waals surface area contributed by atoms with Crippen molar-refractivity contribution in [2.24, 2.45) is 17.6 Å². The van der Waals surface area contributed by atoms with E-state index < -0.39 is 75.0 Å². The SMILES string of the molecule is CN(C)[C@@H]1C(=O)C(C(N)=O)=C(O)[C@@]2(O)C(=O)C3=C(O)c4c(O)cccc4[C@@](C)(O)[C@H]3C[C@@H]12.O=CO. The number of aliphatic hydroxyl groups is 4. The lowest BCUT2D eigenvalue weighted by Crippen LogP contribution is -2.67. The number of fused-ring (bicyclic) bond motifs is 3. The molecule has 8 N–H and O–H groups in total. The van der Waals surface area contributed by atoms with Gasteiger partial charge in [-0.25, -0.2) is 0 Å². The molecule has 1 fully saturated rings. The van der Waals surface area contributed by atoms with E-state index in [0.717, 1.165) is 0 Å². The van der Waals surface area contributed by atoms with Gasteiger partial charge in [0.25, 0.3) is 12.4 Å². The molecular formula is C23H26N2O10. The van der Waals surface area contributed by atoms with Crippen LogP contribution in [-0.4, -0.2) is 85.2 Å². The molecule has 0 radical (unpaired) electrons. The van der Waals surface area contributed by atoms with E-state index in [1.54, 1.807) is 0 Å². The molecule has 0 unspecified atom stereocenters. The third-order valence-electron chi connectivity index (χ3n) is 7.02. The molecule has 4 rings (SSSR count). The van der Waals surface area contributed by atoms with E-state index in [-0.39, 0.29) is 24.0 Å². The first-order valence-electron chi connectivity index (χ1n) is 10.5. The van der Waals surface area contributed by atoms with Gasteiger partial charge in [0.15, 0.2) is 11.4 Å². The van der Waals surface area contributed by atoms with Crippen LogP contribution in [0.2, 0.25) is 0 Å². The number of phenolic OH excluding ortho intramolecular Hbond substituents is 1. The van der Waals surface area contributed by atoms with Crippen LogP contribution in [0.1, 0.15) is 24.5 Å². The molecule has 0 aliphatic heterocycles. The van der Waals surface area contributed by atoms with Crippen molar-refractivity contribution in [3.63, 3.8) is 0 Å². The number of phenols is 1. The maximum atomic E-state index is 13.7. The summed E-state index contributed by atoms with van der Waals surface area (Å²) in [7, 11) is 3.01. The van der Waals surface area contributed by atoms with Crippen LogP contribution in [0.4, 0.5) is 0 Å². The average molecular weight is 490 g/mol. The Balaban J connectivity index is 0.00000108. The van der Waals surface area contributed by atoms with Gasteiger partial charge >= 0.3 is 0 Å². The Morgan fingerprint density at radius 2 is 1.74 bits per heavy atom. The van der Waals surface area contributed by atoms with Gasteiger partial charge in [0, 0.05) is 17.4 Å². The Labute approximate surface area is 199 Å². The Kier molecular flexibility index (Phi) is 6.27. The summed E-state index contributed by atoms with van der Waals surface area (Å²) in [5, 5.41) is 61.8. The summed E-state index contributed by atoms with van der Waals surface area (Å²) in [6, 6.07) is 3.02. The van der Waals surface area contributed by atoms with Crippen molar-refractivity contribution in [1.82, 2.24) is 4.90 Å². The van der Waals surface area contributed by atoms with Gasteiger partial charge in [-0.05, 0) is 39.1 Å². The second-order valence-corrected chi connectivity index (χ2v) is 9.07. The molecule has 0 spiro atoms. The van der Waals surface area contributed by atoms with Crippen molar-refractivity contribution in [3.8, 4) is 5.75 Å². The standard InChI is InChI=1S/C22H24N2O8.CH2O2/c1-21(31)8-5-4-6-11(25)12(8)16(26)13-9(21)7-10-15(24(2)3)17(27)14(20(23)30)19(29)22(10,32)18(13)28;2-1-3/h4-6,9-10,15,25-26,29,31-32H,7H2,1-3H3,(H2,23,30);1H,(H,2,3)/t9-,10-,15-,21+,22-;/m0./s1. The highest BCUT2D eigenvalue weighted by molar-refractivity contribution is 6.24. The third-order valence-corrected chi connectivity index (χ3v) is 7.02. The minimum atomic E-state index is -2.75. The Hall–Kier alpha value is -3.74. The first kappa shape index (κ1) is 25.9. The maximum Gasteiger partial charge on any atom is 0.290 e. The number of Topliss-reactive ketones (excluding diaryl/α,β-unsaturated/α-hetero) is 2. The zero-order valence-electron chi connectivity index (χ0n) is 19.1. The van der Waals surface area contributed by atoms with E-state index in [4.69, 9.17) is 15.6 Å². The van der Waals surface area contributed by atoms with Crippen molar-refractivity contribution < 1.29 is 49.8 Å². The Morgan fingerprint density at radius 1 is 1.17 bits per heavy atom. The molecular weight excluding hydrogens is 464 g/mol. The number of carboxylic acid groups (broad SMARTS) is 1. The highest BCUT2D eigenvalue weighted by atomic mass is 16.4. The first-order chi connectivity index (χ1) is 16.2. The lowest BCUT2D eigenvalue weighted by Gasteiger charge is -2.53. The monoisotopic (exact) mass is 490 g/mol. The number of aliphatic hydroxyl groups excluding tert-OH is 2. The van der Waals surface area contributed by atoms with Crippen molar-refractivity contribution in [2.45, 2.75) is 30.6 Å². The number of ketones is 2. The molecule has 5 atom stereocenters. The summed E-state index contributed by atoms with van der Waals surface area (Å²) in [5.41, 5.74) is -0.548. The van der Waals surface area contributed by atoms with Gasteiger partial charge in [0.05, 0.1) is 17.2 Å². The molecule has 3 aliphatic carbocycles. The van der Waals surface area contributed by atoms with Crippen LogP contribution in [0.25, 0.3) is 5.76 Å². The van der Waals surface area contributed by atoms with Crippen LogP contribution in [-0.2, 0) is 24.8 Å². The molecule has 1 aromatic carbocycles. The Bertz CT molecular complexity index is 1200. The van der Waals surface area contributed by atoms with Gasteiger partial charge in [-0.1, -0.05) is 12.1 Å².